The van der Waals surface area contributed by atoms with Crippen molar-refractivity contribution in [2.75, 3.05) is 18.0 Å². The van der Waals surface area contributed by atoms with E-state index in [4.69, 9.17) is 5.11 Å². The van der Waals surface area contributed by atoms with Gasteiger partial charge in [-0.3, -0.25) is 9.69 Å². The Balaban J connectivity index is 2.17. The van der Waals surface area contributed by atoms with E-state index in [0.717, 1.165) is 0 Å². The number of likely N-dealkylation sites (tertiary alicyclic amines) is 1. The Bertz CT molecular complexity index is 532. The SMILES string of the molecule is CCN(C(=O)N1CCC(C(=O)O)C1C)c1ccc(F)cc1. The van der Waals surface area contributed by atoms with Crippen molar-refractivity contribution in [3.05, 3.63) is 30.1 Å². The first-order chi connectivity index (χ1) is 9.95. The van der Waals surface area contributed by atoms with Crippen molar-refractivity contribution < 1.29 is 19.1 Å². The summed E-state index contributed by atoms with van der Waals surface area (Å²) in [4.78, 5) is 26.8. The Morgan fingerprint density at radius 3 is 2.48 bits per heavy atom. The van der Waals surface area contributed by atoms with Crippen molar-refractivity contribution in [1.82, 2.24) is 4.90 Å². The van der Waals surface area contributed by atoms with Gasteiger partial charge in [-0.25, -0.2) is 9.18 Å². The number of carbonyl (C=O) groups excluding carboxylic acids is 1. The summed E-state index contributed by atoms with van der Waals surface area (Å²) < 4.78 is 13.0. The van der Waals surface area contributed by atoms with E-state index in [1.54, 1.807) is 24.0 Å². The standard InChI is InChI=1S/C15H19FN2O3/c1-3-17(12-6-4-11(16)5-7-12)15(21)18-9-8-13(10(18)2)14(19)20/h4-7,10,13H,3,8-9H2,1-2H3,(H,19,20). The van der Waals surface area contributed by atoms with Crippen LogP contribution in [-0.4, -0.2) is 41.1 Å². The van der Waals surface area contributed by atoms with Crippen LogP contribution in [0.15, 0.2) is 24.3 Å². The number of rotatable bonds is 3. The van der Waals surface area contributed by atoms with Crippen molar-refractivity contribution in [1.29, 1.82) is 0 Å². The first-order valence-corrected chi connectivity index (χ1v) is 7.02. The number of nitrogens with zero attached hydrogens (tertiary/aromatic N) is 2. The first kappa shape index (κ1) is 15.3. The van der Waals surface area contributed by atoms with Crippen LogP contribution < -0.4 is 4.90 Å². The third kappa shape index (κ3) is 2.99. The van der Waals surface area contributed by atoms with Gasteiger partial charge in [-0.2, -0.15) is 0 Å². The molecule has 5 nitrogen and oxygen atoms in total. The van der Waals surface area contributed by atoms with Crippen LogP contribution in [-0.2, 0) is 4.79 Å². The molecule has 6 heteroatoms. The van der Waals surface area contributed by atoms with Crippen molar-refractivity contribution in [2.24, 2.45) is 5.92 Å². The fraction of sp³-hybridized carbons (Fsp3) is 0.467. The molecule has 2 rings (SSSR count). The lowest BCUT2D eigenvalue weighted by molar-refractivity contribution is -0.142. The van der Waals surface area contributed by atoms with E-state index in [0.29, 0.717) is 25.2 Å². The van der Waals surface area contributed by atoms with E-state index in [2.05, 4.69) is 0 Å². The molecule has 2 unspecified atom stereocenters. The zero-order chi connectivity index (χ0) is 15.6. The highest BCUT2D eigenvalue weighted by Crippen LogP contribution is 2.27. The number of hydrogen-bond donors (Lipinski definition) is 1. The monoisotopic (exact) mass is 294 g/mol. The molecule has 0 radical (unpaired) electrons. The zero-order valence-electron chi connectivity index (χ0n) is 12.1. The highest BCUT2D eigenvalue weighted by molar-refractivity contribution is 5.92. The predicted octanol–water partition coefficient (Wildman–Crippen LogP) is 2.57. The van der Waals surface area contributed by atoms with Gasteiger partial charge in [0.2, 0.25) is 0 Å². The number of carboxylic acid groups (broad SMARTS) is 1. The average Bonchev–Trinajstić information content (AvgIpc) is 2.83. The normalized spacial score (nSPS) is 21.4. The van der Waals surface area contributed by atoms with Gasteiger partial charge in [-0.1, -0.05) is 0 Å². The summed E-state index contributed by atoms with van der Waals surface area (Å²) in [6, 6.07) is 5.13. The van der Waals surface area contributed by atoms with E-state index < -0.39 is 11.9 Å². The lowest BCUT2D eigenvalue weighted by Gasteiger charge is -2.30. The molecule has 2 atom stereocenters. The fourth-order valence-corrected chi connectivity index (χ4v) is 2.74. The van der Waals surface area contributed by atoms with Gasteiger partial charge in [-0.05, 0) is 44.5 Å². The third-order valence-corrected chi connectivity index (χ3v) is 4.00. The molecule has 1 aromatic carbocycles. The van der Waals surface area contributed by atoms with Gasteiger partial charge in [-0.15, -0.1) is 0 Å². The largest absolute Gasteiger partial charge is 0.481 e. The maximum Gasteiger partial charge on any atom is 0.324 e. The van der Waals surface area contributed by atoms with Crippen LogP contribution in [0, 0.1) is 11.7 Å². The van der Waals surface area contributed by atoms with Gasteiger partial charge in [0, 0.05) is 24.8 Å². The van der Waals surface area contributed by atoms with E-state index in [9.17, 15) is 14.0 Å². The minimum Gasteiger partial charge on any atom is -0.481 e. The number of benzene rings is 1. The van der Waals surface area contributed by atoms with Crippen molar-refractivity contribution in [3.8, 4) is 0 Å². The van der Waals surface area contributed by atoms with Gasteiger partial charge in [0.05, 0.1) is 5.92 Å². The van der Waals surface area contributed by atoms with Crippen LogP contribution >= 0.6 is 0 Å². The summed E-state index contributed by atoms with van der Waals surface area (Å²) in [5.74, 6) is -1.76. The molecule has 1 fully saturated rings. The van der Waals surface area contributed by atoms with E-state index in [-0.39, 0.29) is 17.9 Å². The van der Waals surface area contributed by atoms with Crippen molar-refractivity contribution in [2.45, 2.75) is 26.3 Å². The summed E-state index contributed by atoms with van der Waals surface area (Å²) in [5, 5.41) is 9.13. The molecule has 2 amide bonds. The Morgan fingerprint density at radius 2 is 2.00 bits per heavy atom. The number of hydrogen-bond acceptors (Lipinski definition) is 2. The molecule has 0 bridgehead atoms. The number of carboxylic acids is 1. The molecule has 1 aliphatic heterocycles. The van der Waals surface area contributed by atoms with Gasteiger partial charge in [0.25, 0.3) is 0 Å². The van der Waals surface area contributed by atoms with Crippen LogP contribution in [0.3, 0.4) is 0 Å². The molecule has 1 heterocycles. The third-order valence-electron chi connectivity index (χ3n) is 4.00. The maximum atomic E-state index is 13.0. The molecule has 21 heavy (non-hydrogen) atoms. The van der Waals surface area contributed by atoms with Crippen LogP contribution in [0.25, 0.3) is 0 Å². The Labute approximate surface area is 123 Å². The van der Waals surface area contributed by atoms with E-state index >= 15 is 0 Å². The maximum absolute atomic E-state index is 13.0. The molecule has 1 N–H and O–H groups in total. The number of aliphatic carboxylic acids is 1. The molecule has 1 aliphatic rings. The van der Waals surface area contributed by atoms with Gasteiger partial charge in [0.1, 0.15) is 5.82 Å². The van der Waals surface area contributed by atoms with Crippen LogP contribution in [0.5, 0.6) is 0 Å². The predicted molar refractivity (Wildman–Crippen MR) is 76.7 cm³/mol. The molecule has 1 saturated heterocycles. The van der Waals surface area contributed by atoms with Gasteiger partial charge >= 0.3 is 12.0 Å². The number of anilines is 1. The van der Waals surface area contributed by atoms with Crippen molar-refractivity contribution >= 4 is 17.7 Å². The minimum absolute atomic E-state index is 0.236. The lowest BCUT2D eigenvalue weighted by Crippen LogP contribution is -2.46. The van der Waals surface area contributed by atoms with Crippen LogP contribution in [0.4, 0.5) is 14.9 Å². The number of urea groups is 1. The minimum atomic E-state index is -0.873. The summed E-state index contributed by atoms with van der Waals surface area (Å²) in [6.07, 6.45) is 0.462. The molecule has 1 aromatic rings. The molecule has 114 valence electrons. The second-order valence-electron chi connectivity index (χ2n) is 5.17. The van der Waals surface area contributed by atoms with Crippen LogP contribution in [0.1, 0.15) is 20.3 Å². The Morgan fingerprint density at radius 1 is 1.38 bits per heavy atom. The second kappa shape index (κ2) is 6.11. The average molecular weight is 294 g/mol. The Kier molecular flexibility index (Phi) is 4.45. The van der Waals surface area contributed by atoms with Crippen molar-refractivity contribution in [3.63, 3.8) is 0 Å². The number of carbonyl (C=O) groups is 2. The zero-order valence-corrected chi connectivity index (χ0v) is 12.1. The highest BCUT2D eigenvalue weighted by Gasteiger charge is 2.39. The molecule has 0 spiro atoms. The number of halogens is 1. The Hall–Kier alpha value is -2.11. The summed E-state index contributed by atoms with van der Waals surface area (Å²) >= 11 is 0. The summed E-state index contributed by atoms with van der Waals surface area (Å²) in [6.45, 7) is 4.44. The molecule has 0 aliphatic carbocycles. The van der Waals surface area contributed by atoms with E-state index in [1.807, 2.05) is 6.92 Å². The second-order valence-corrected chi connectivity index (χ2v) is 5.17. The molecular formula is C15H19FN2O3. The quantitative estimate of drug-likeness (QED) is 0.932. The smallest absolute Gasteiger partial charge is 0.324 e. The summed E-state index contributed by atoms with van der Waals surface area (Å²) in [5.41, 5.74) is 0.606. The molecule has 0 saturated carbocycles. The van der Waals surface area contributed by atoms with Gasteiger partial charge < -0.3 is 10.0 Å². The topological polar surface area (TPSA) is 60.9 Å². The lowest BCUT2D eigenvalue weighted by atomic mass is 10.0. The first-order valence-electron chi connectivity index (χ1n) is 7.02. The van der Waals surface area contributed by atoms with E-state index in [1.165, 1.54) is 17.0 Å². The van der Waals surface area contributed by atoms with Crippen LogP contribution in [0.2, 0.25) is 0 Å². The molecular weight excluding hydrogens is 275 g/mol. The molecule has 0 aromatic heterocycles. The number of amides is 2. The van der Waals surface area contributed by atoms with Gasteiger partial charge in [0.15, 0.2) is 0 Å². The summed E-state index contributed by atoms with van der Waals surface area (Å²) in [7, 11) is 0. The fourth-order valence-electron chi connectivity index (χ4n) is 2.74. The highest BCUT2D eigenvalue weighted by atomic mass is 19.1.